The third kappa shape index (κ3) is 4.65. The standard InChI is InChI=1S/C25H16BrFN2O5/c1-14-6-8-15(9-7-14)24(32)34-21-11-10-17(26)12-16(21)13-18-22(30)28-25(33)29(23(18)31)20-5-3-2-4-19(20)27/h2-13H,1H3,(H,28,30,33)/b18-13-. The van der Waals surface area contributed by atoms with Crippen LogP contribution in [0.1, 0.15) is 21.5 Å². The third-order valence-corrected chi connectivity index (χ3v) is 5.45. The number of rotatable bonds is 4. The molecule has 0 spiro atoms. The number of nitrogens with zero attached hydrogens (tertiary/aromatic N) is 1. The van der Waals surface area contributed by atoms with Gasteiger partial charge in [-0.3, -0.25) is 14.9 Å². The minimum Gasteiger partial charge on any atom is -0.422 e. The number of carbonyl (C=O) groups is 4. The lowest BCUT2D eigenvalue weighted by atomic mass is 10.1. The highest BCUT2D eigenvalue weighted by atomic mass is 79.9. The highest BCUT2D eigenvalue weighted by Gasteiger charge is 2.38. The van der Waals surface area contributed by atoms with Crippen molar-refractivity contribution in [2.24, 2.45) is 0 Å². The Morgan fingerprint density at radius 2 is 1.74 bits per heavy atom. The number of benzene rings is 3. The molecule has 4 rings (SSSR count). The molecule has 1 heterocycles. The minimum atomic E-state index is -1.07. The van der Waals surface area contributed by atoms with E-state index in [0.717, 1.165) is 11.6 Å². The summed E-state index contributed by atoms with van der Waals surface area (Å²) < 4.78 is 20.4. The Kier molecular flexibility index (Phi) is 6.38. The molecule has 0 aliphatic carbocycles. The molecule has 4 amide bonds. The number of halogens is 2. The fraction of sp³-hybridized carbons (Fsp3) is 0.0400. The highest BCUT2D eigenvalue weighted by molar-refractivity contribution is 9.10. The van der Waals surface area contributed by atoms with Crippen molar-refractivity contribution >= 4 is 51.5 Å². The zero-order chi connectivity index (χ0) is 24.4. The molecule has 0 aromatic heterocycles. The van der Waals surface area contributed by atoms with Crippen molar-refractivity contribution in [3.8, 4) is 5.75 Å². The molecule has 3 aromatic rings. The molecule has 1 saturated heterocycles. The second-order valence-electron chi connectivity index (χ2n) is 7.35. The first-order chi connectivity index (χ1) is 16.2. The van der Waals surface area contributed by atoms with E-state index in [9.17, 15) is 23.6 Å². The Bertz CT molecular complexity index is 1370. The van der Waals surface area contributed by atoms with Crippen LogP contribution in [-0.2, 0) is 9.59 Å². The van der Waals surface area contributed by atoms with Crippen molar-refractivity contribution in [1.82, 2.24) is 5.32 Å². The molecule has 0 saturated carbocycles. The van der Waals surface area contributed by atoms with Gasteiger partial charge in [0.15, 0.2) is 0 Å². The van der Waals surface area contributed by atoms with Crippen molar-refractivity contribution in [3.05, 3.63) is 99.3 Å². The van der Waals surface area contributed by atoms with E-state index in [0.29, 0.717) is 14.9 Å². The fourth-order valence-electron chi connectivity index (χ4n) is 3.24. The number of carbonyl (C=O) groups excluding carboxylic acids is 4. The first kappa shape index (κ1) is 23.1. The first-order valence-corrected chi connectivity index (χ1v) is 10.8. The summed E-state index contributed by atoms with van der Waals surface area (Å²) in [6.07, 6.45) is 1.18. The van der Waals surface area contributed by atoms with Gasteiger partial charge in [0, 0.05) is 10.0 Å². The topological polar surface area (TPSA) is 92.8 Å². The predicted octanol–water partition coefficient (Wildman–Crippen LogP) is 4.78. The number of aryl methyl sites for hydroxylation is 1. The molecule has 0 bridgehead atoms. The Morgan fingerprint density at radius 1 is 1.03 bits per heavy atom. The van der Waals surface area contributed by atoms with Crippen molar-refractivity contribution in [3.63, 3.8) is 0 Å². The lowest BCUT2D eigenvalue weighted by molar-refractivity contribution is -0.122. The molecule has 9 heteroatoms. The molecule has 0 atom stereocenters. The third-order valence-electron chi connectivity index (χ3n) is 4.96. The van der Waals surface area contributed by atoms with Crippen LogP contribution in [0.3, 0.4) is 0 Å². The average molecular weight is 523 g/mol. The summed E-state index contributed by atoms with van der Waals surface area (Å²) in [6, 6.07) is 15.5. The van der Waals surface area contributed by atoms with Crippen LogP contribution < -0.4 is 15.0 Å². The SMILES string of the molecule is Cc1ccc(C(=O)Oc2ccc(Br)cc2/C=C2/C(=O)NC(=O)N(c3ccccc3F)C2=O)cc1. The molecule has 1 aliphatic heterocycles. The predicted molar refractivity (Wildman–Crippen MR) is 126 cm³/mol. The van der Waals surface area contributed by atoms with Crippen LogP contribution in [0.4, 0.5) is 14.9 Å². The number of hydrogen-bond acceptors (Lipinski definition) is 5. The summed E-state index contributed by atoms with van der Waals surface area (Å²) >= 11 is 3.31. The number of hydrogen-bond donors (Lipinski definition) is 1. The van der Waals surface area contributed by atoms with Gasteiger partial charge >= 0.3 is 12.0 Å². The molecule has 1 fully saturated rings. The zero-order valence-corrected chi connectivity index (χ0v) is 19.3. The summed E-state index contributed by atoms with van der Waals surface area (Å²) in [7, 11) is 0. The number of amides is 4. The molecule has 0 radical (unpaired) electrons. The maximum Gasteiger partial charge on any atom is 0.343 e. The minimum absolute atomic E-state index is 0.0798. The highest BCUT2D eigenvalue weighted by Crippen LogP contribution is 2.29. The number of anilines is 1. The van der Waals surface area contributed by atoms with Gasteiger partial charge in [0.2, 0.25) is 0 Å². The van der Waals surface area contributed by atoms with Gasteiger partial charge in [-0.05, 0) is 55.5 Å². The second kappa shape index (κ2) is 9.40. The van der Waals surface area contributed by atoms with Crippen LogP contribution in [0, 0.1) is 12.7 Å². The average Bonchev–Trinajstić information content (AvgIpc) is 2.79. The van der Waals surface area contributed by atoms with Crippen molar-refractivity contribution in [2.75, 3.05) is 4.90 Å². The molecular formula is C25H16BrFN2O5. The normalized spacial score (nSPS) is 14.9. The molecule has 0 unspecified atom stereocenters. The Labute approximate surface area is 202 Å². The van der Waals surface area contributed by atoms with Gasteiger partial charge < -0.3 is 4.74 Å². The van der Waals surface area contributed by atoms with Gasteiger partial charge in [0.1, 0.15) is 17.1 Å². The number of esters is 1. The van der Waals surface area contributed by atoms with E-state index in [1.54, 1.807) is 30.3 Å². The van der Waals surface area contributed by atoms with Crippen LogP contribution >= 0.6 is 15.9 Å². The van der Waals surface area contributed by atoms with Crippen molar-refractivity contribution < 1.29 is 28.3 Å². The largest absolute Gasteiger partial charge is 0.422 e. The van der Waals surface area contributed by atoms with Crippen LogP contribution in [-0.4, -0.2) is 23.8 Å². The summed E-state index contributed by atoms with van der Waals surface area (Å²) in [5, 5.41) is 2.03. The van der Waals surface area contributed by atoms with E-state index >= 15 is 0 Å². The quantitative estimate of drug-likeness (QED) is 0.230. The van der Waals surface area contributed by atoms with E-state index in [4.69, 9.17) is 4.74 Å². The van der Waals surface area contributed by atoms with Gasteiger partial charge in [-0.2, -0.15) is 0 Å². The lowest BCUT2D eigenvalue weighted by Gasteiger charge is -2.26. The summed E-state index contributed by atoms with van der Waals surface area (Å²) in [6.45, 7) is 1.88. The van der Waals surface area contributed by atoms with Crippen LogP contribution in [0.15, 0.2) is 76.8 Å². The van der Waals surface area contributed by atoms with Crippen LogP contribution in [0.2, 0.25) is 0 Å². The number of imide groups is 2. The van der Waals surface area contributed by atoms with Gasteiger partial charge in [0.05, 0.1) is 11.3 Å². The molecule has 170 valence electrons. The van der Waals surface area contributed by atoms with Gasteiger partial charge in [-0.25, -0.2) is 18.9 Å². The van der Waals surface area contributed by atoms with E-state index in [1.807, 2.05) is 12.2 Å². The lowest BCUT2D eigenvalue weighted by Crippen LogP contribution is -2.54. The molecule has 1 aliphatic rings. The van der Waals surface area contributed by atoms with Gasteiger partial charge in [0.25, 0.3) is 11.8 Å². The monoisotopic (exact) mass is 522 g/mol. The Balaban J connectivity index is 1.72. The summed E-state index contributed by atoms with van der Waals surface area (Å²) in [5.41, 5.74) is 0.768. The van der Waals surface area contributed by atoms with E-state index < -0.39 is 35.2 Å². The van der Waals surface area contributed by atoms with E-state index in [1.165, 1.54) is 36.4 Å². The first-order valence-electron chi connectivity index (χ1n) is 9.99. The maximum atomic E-state index is 14.3. The van der Waals surface area contributed by atoms with Crippen LogP contribution in [0.5, 0.6) is 5.75 Å². The van der Waals surface area contributed by atoms with Crippen molar-refractivity contribution in [1.29, 1.82) is 0 Å². The maximum absolute atomic E-state index is 14.3. The van der Waals surface area contributed by atoms with Crippen LogP contribution in [0.25, 0.3) is 6.08 Å². The van der Waals surface area contributed by atoms with Crippen molar-refractivity contribution in [2.45, 2.75) is 6.92 Å². The van der Waals surface area contributed by atoms with Gasteiger partial charge in [-0.1, -0.05) is 45.8 Å². The number of barbiturate groups is 1. The zero-order valence-electron chi connectivity index (χ0n) is 17.7. The smallest absolute Gasteiger partial charge is 0.343 e. The van der Waals surface area contributed by atoms with E-state index in [2.05, 4.69) is 15.9 Å². The Morgan fingerprint density at radius 3 is 2.44 bits per heavy atom. The molecule has 7 nitrogen and oxygen atoms in total. The molecule has 3 aromatic carbocycles. The molecular weight excluding hydrogens is 507 g/mol. The van der Waals surface area contributed by atoms with E-state index in [-0.39, 0.29) is 17.0 Å². The molecule has 34 heavy (non-hydrogen) atoms. The second-order valence-corrected chi connectivity index (χ2v) is 8.26. The number of para-hydroxylation sites is 1. The molecule has 1 N–H and O–H groups in total. The summed E-state index contributed by atoms with van der Waals surface area (Å²) in [4.78, 5) is 51.0. The summed E-state index contributed by atoms with van der Waals surface area (Å²) in [5.74, 6) is -3.34. The number of nitrogens with one attached hydrogen (secondary N) is 1. The number of urea groups is 1. The van der Waals surface area contributed by atoms with Gasteiger partial charge in [-0.15, -0.1) is 0 Å². The Hall–Kier alpha value is -4.11. The number of ether oxygens (including phenoxy) is 1. The fourth-order valence-corrected chi connectivity index (χ4v) is 3.62.